The van der Waals surface area contributed by atoms with Crippen LogP contribution < -0.4 is 5.56 Å². The molecular formula is C20H19N3O3. The number of carbonyl (C=O) groups excluding carboxylic acids is 1. The number of carbonyl (C=O) groups is 1. The first-order valence-corrected chi connectivity index (χ1v) is 8.60. The highest BCUT2D eigenvalue weighted by molar-refractivity contribution is 6.04. The number of nitrogens with one attached hydrogen (secondary N) is 1. The van der Waals surface area contributed by atoms with Crippen molar-refractivity contribution in [3.63, 3.8) is 0 Å². The van der Waals surface area contributed by atoms with Crippen molar-refractivity contribution in [3.05, 3.63) is 76.2 Å². The maximum Gasteiger partial charge on any atom is 0.275 e. The molecule has 4 rings (SSSR count). The van der Waals surface area contributed by atoms with E-state index in [1.54, 1.807) is 29.2 Å². The second-order valence-corrected chi connectivity index (χ2v) is 6.47. The Kier molecular flexibility index (Phi) is 4.26. The largest absolute Gasteiger partial charge is 0.374 e. The number of benzene rings is 2. The number of H-pyrrole nitrogens is 1. The summed E-state index contributed by atoms with van der Waals surface area (Å²) < 4.78 is 5.80. The molecule has 132 valence electrons. The summed E-state index contributed by atoms with van der Waals surface area (Å²) in [7, 11) is 0. The van der Waals surface area contributed by atoms with Gasteiger partial charge in [-0.2, -0.15) is 5.10 Å². The maximum atomic E-state index is 13.3. The molecule has 0 unspecified atom stereocenters. The van der Waals surface area contributed by atoms with Crippen LogP contribution >= 0.6 is 0 Å². The quantitative estimate of drug-likeness (QED) is 0.771. The smallest absolute Gasteiger partial charge is 0.275 e. The van der Waals surface area contributed by atoms with Gasteiger partial charge < -0.3 is 9.64 Å². The van der Waals surface area contributed by atoms with Crippen molar-refractivity contribution in [2.24, 2.45) is 0 Å². The summed E-state index contributed by atoms with van der Waals surface area (Å²) in [6, 6.07) is 16.7. The van der Waals surface area contributed by atoms with Crippen molar-refractivity contribution in [3.8, 4) is 0 Å². The minimum absolute atomic E-state index is 0.0621. The summed E-state index contributed by atoms with van der Waals surface area (Å²) in [6.07, 6.45) is -0.0621. The van der Waals surface area contributed by atoms with E-state index in [0.29, 0.717) is 23.9 Å². The van der Waals surface area contributed by atoms with Gasteiger partial charge in [-0.15, -0.1) is 0 Å². The Labute approximate surface area is 150 Å². The van der Waals surface area contributed by atoms with Gasteiger partial charge in [-0.3, -0.25) is 9.59 Å². The summed E-state index contributed by atoms with van der Waals surface area (Å²) in [4.78, 5) is 27.1. The second-order valence-electron chi connectivity index (χ2n) is 6.47. The van der Waals surface area contributed by atoms with Crippen LogP contribution in [0.5, 0.6) is 0 Å². The third-order valence-corrected chi connectivity index (χ3v) is 4.71. The third kappa shape index (κ3) is 2.88. The van der Waals surface area contributed by atoms with E-state index >= 15 is 0 Å². The average molecular weight is 349 g/mol. The molecule has 1 aliphatic rings. The Hall–Kier alpha value is -2.99. The van der Waals surface area contributed by atoms with Crippen LogP contribution in [0, 0.1) is 0 Å². The molecule has 2 heterocycles. The normalized spacial score (nSPS) is 20.3. The first kappa shape index (κ1) is 16.5. The number of morpholine rings is 1. The van der Waals surface area contributed by atoms with Gasteiger partial charge in [0.05, 0.1) is 24.1 Å². The number of rotatable bonds is 2. The summed E-state index contributed by atoms with van der Waals surface area (Å²) >= 11 is 0. The average Bonchev–Trinajstić information content (AvgIpc) is 2.69. The molecule has 0 aliphatic carbocycles. The van der Waals surface area contributed by atoms with Crippen molar-refractivity contribution >= 4 is 16.7 Å². The lowest BCUT2D eigenvalue weighted by Crippen LogP contribution is -2.47. The van der Waals surface area contributed by atoms with Crippen molar-refractivity contribution in [1.29, 1.82) is 0 Å². The minimum atomic E-state index is -0.299. The standard InChI is InChI=1S/C20H19N3O3/c1-13-11-23(17(12-26-13)14-7-3-2-4-8-14)20(25)18-15-9-5-6-10-16(15)19(24)22-21-18/h2-10,13,17H,11-12H2,1H3,(H,22,24)/t13-,17-/m0/s1. The highest BCUT2D eigenvalue weighted by Gasteiger charge is 2.33. The van der Waals surface area contributed by atoms with E-state index < -0.39 is 0 Å². The summed E-state index contributed by atoms with van der Waals surface area (Å²) in [5, 5.41) is 7.53. The van der Waals surface area contributed by atoms with E-state index in [0.717, 1.165) is 5.56 Å². The third-order valence-electron chi connectivity index (χ3n) is 4.71. The van der Waals surface area contributed by atoms with Gasteiger partial charge in [0.2, 0.25) is 0 Å². The molecule has 0 bridgehead atoms. The van der Waals surface area contributed by atoms with Crippen molar-refractivity contribution in [1.82, 2.24) is 15.1 Å². The zero-order valence-corrected chi connectivity index (χ0v) is 14.4. The molecule has 1 N–H and O–H groups in total. The van der Waals surface area contributed by atoms with Gasteiger partial charge in [-0.05, 0) is 18.6 Å². The Morgan fingerprint density at radius 2 is 1.81 bits per heavy atom. The molecule has 26 heavy (non-hydrogen) atoms. The van der Waals surface area contributed by atoms with Crippen LogP contribution in [0.1, 0.15) is 29.0 Å². The molecule has 2 atom stereocenters. The Bertz CT molecular complexity index is 1000. The molecule has 6 nitrogen and oxygen atoms in total. The van der Waals surface area contributed by atoms with Gasteiger partial charge >= 0.3 is 0 Å². The highest BCUT2D eigenvalue weighted by Crippen LogP contribution is 2.28. The second kappa shape index (κ2) is 6.72. The van der Waals surface area contributed by atoms with E-state index in [2.05, 4.69) is 10.2 Å². The van der Waals surface area contributed by atoms with Crippen molar-refractivity contribution < 1.29 is 9.53 Å². The summed E-state index contributed by atoms with van der Waals surface area (Å²) in [6.45, 7) is 2.84. The van der Waals surface area contributed by atoms with E-state index in [4.69, 9.17) is 4.74 Å². The lowest BCUT2D eigenvalue weighted by atomic mass is 10.0. The monoisotopic (exact) mass is 349 g/mol. The Morgan fingerprint density at radius 3 is 2.58 bits per heavy atom. The number of hydrogen-bond acceptors (Lipinski definition) is 4. The van der Waals surface area contributed by atoms with Gasteiger partial charge in [0.1, 0.15) is 0 Å². The molecular weight excluding hydrogens is 330 g/mol. The molecule has 0 saturated carbocycles. The van der Waals surface area contributed by atoms with Crippen LogP contribution in [0.2, 0.25) is 0 Å². The topological polar surface area (TPSA) is 75.3 Å². The molecule has 0 radical (unpaired) electrons. The number of fused-ring (bicyclic) bond motifs is 1. The number of hydrogen-bond donors (Lipinski definition) is 1. The molecule has 1 saturated heterocycles. The molecule has 0 spiro atoms. The van der Waals surface area contributed by atoms with Gasteiger partial charge in [0, 0.05) is 11.9 Å². The van der Waals surface area contributed by atoms with E-state index in [1.807, 2.05) is 37.3 Å². The molecule has 1 aliphatic heterocycles. The molecule has 2 aromatic carbocycles. The Balaban J connectivity index is 1.78. The molecule has 1 amide bonds. The predicted molar refractivity (Wildman–Crippen MR) is 98.0 cm³/mol. The fraction of sp³-hybridized carbons (Fsp3) is 0.250. The van der Waals surface area contributed by atoms with E-state index in [1.165, 1.54) is 0 Å². The number of ether oxygens (including phenoxy) is 1. The molecule has 1 fully saturated rings. The number of aromatic amines is 1. The van der Waals surface area contributed by atoms with Crippen molar-refractivity contribution in [2.45, 2.75) is 19.1 Å². The van der Waals surface area contributed by atoms with Crippen molar-refractivity contribution in [2.75, 3.05) is 13.2 Å². The maximum absolute atomic E-state index is 13.3. The van der Waals surface area contributed by atoms with Crippen LogP contribution in [-0.2, 0) is 4.74 Å². The lowest BCUT2D eigenvalue weighted by Gasteiger charge is -2.38. The van der Waals surface area contributed by atoms with E-state index in [-0.39, 0.29) is 29.3 Å². The van der Waals surface area contributed by atoms with Crippen LogP contribution in [0.25, 0.3) is 10.8 Å². The summed E-state index contributed by atoms with van der Waals surface area (Å²) in [5.74, 6) is -0.207. The lowest BCUT2D eigenvalue weighted by molar-refractivity contribution is -0.0449. The summed E-state index contributed by atoms with van der Waals surface area (Å²) in [5.41, 5.74) is 0.976. The van der Waals surface area contributed by atoms with Crippen LogP contribution in [-0.4, -0.2) is 40.3 Å². The number of nitrogens with zero attached hydrogens (tertiary/aromatic N) is 2. The minimum Gasteiger partial charge on any atom is -0.374 e. The fourth-order valence-corrected chi connectivity index (χ4v) is 3.39. The number of aromatic nitrogens is 2. The molecule has 3 aromatic rings. The fourth-order valence-electron chi connectivity index (χ4n) is 3.39. The zero-order valence-electron chi connectivity index (χ0n) is 14.4. The van der Waals surface area contributed by atoms with Crippen LogP contribution in [0.15, 0.2) is 59.4 Å². The van der Waals surface area contributed by atoms with Gasteiger partial charge in [-0.1, -0.05) is 48.5 Å². The predicted octanol–water partition coefficient (Wildman–Crippen LogP) is 2.53. The highest BCUT2D eigenvalue weighted by atomic mass is 16.5. The first-order valence-electron chi connectivity index (χ1n) is 8.60. The van der Waals surface area contributed by atoms with Crippen LogP contribution in [0.4, 0.5) is 0 Å². The van der Waals surface area contributed by atoms with Gasteiger partial charge in [-0.25, -0.2) is 5.10 Å². The zero-order chi connectivity index (χ0) is 18.1. The molecule has 6 heteroatoms. The van der Waals surface area contributed by atoms with Gasteiger partial charge in [0.15, 0.2) is 5.69 Å². The first-order chi connectivity index (χ1) is 12.6. The number of amides is 1. The Morgan fingerprint density at radius 1 is 1.12 bits per heavy atom. The molecule has 1 aromatic heterocycles. The van der Waals surface area contributed by atoms with Gasteiger partial charge in [0.25, 0.3) is 11.5 Å². The van der Waals surface area contributed by atoms with E-state index in [9.17, 15) is 9.59 Å². The van der Waals surface area contributed by atoms with Crippen LogP contribution in [0.3, 0.4) is 0 Å². The SMILES string of the molecule is C[C@H]1CN(C(=O)c2n[nH]c(=O)c3ccccc23)[C@H](c2ccccc2)CO1.